The fraction of sp³-hybridized carbons (Fsp3) is 0.333. The highest BCUT2D eigenvalue weighted by molar-refractivity contribution is 6.32. The zero-order valence-electron chi connectivity index (χ0n) is 13.3. The lowest BCUT2D eigenvalue weighted by Crippen LogP contribution is -2.26. The quantitative estimate of drug-likeness (QED) is 0.777. The molecular formula is C18H16ClNO5. The monoisotopic (exact) mass is 361 g/mol. The van der Waals surface area contributed by atoms with Crippen LogP contribution in [-0.2, 0) is 14.2 Å². The van der Waals surface area contributed by atoms with E-state index in [1.54, 1.807) is 42.7 Å². The molecule has 0 bridgehead atoms. The topological polar surface area (TPSA) is 66.9 Å². The summed E-state index contributed by atoms with van der Waals surface area (Å²) in [7, 11) is 0. The number of nitrogens with zero attached hydrogens (tertiary/aromatic N) is 1. The van der Waals surface area contributed by atoms with E-state index in [1.165, 1.54) is 0 Å². The van der Waals surface area contributed by atoms with E-state index in [2.05, 4.69) is 4.98 Å². The first-order valence-electron chi connectivity index (χ1n) is 8.02. The Hall–Kier alpha value is -2.15. The van der Waals surface area contributed by atoms with E-state index in [0.717, 1.165) is 6.42 Å². The lowest BCUT2D eigenvalue weighted by Gasteiger charge is -2.16. The van der Waals surface area contributed by atoms with Crippen molar-refractivity contribution < 1.29 is 23.7 Å². The van der Waals surface area contributed by atoms with Crippen molar-refractivity contribution in [2.45, 2.75) is 18.8 Å². The van der Waals surface area contributed by atoms with E-state index in [4.69, 9.17) is 30.5 Å². The van der Waals surface area contributed by atoms with Gasteiger partial charge in [-0.25, -0.2) is 4.79 Å². The molecule has 25 heavy (non-hydrogen) atoms. The zero-order valence-corrected chi connectivity index (χ0v) is 14.0. The van der Waals surface area contributed by atoms with Crippen LogP contribution in [0.25, 0.3) is 0 Å². The number of hydrogen-bond donors (Lipinski definition) is 0. The second-order valence-corrected chi connectivity index (χ2v) is 6.31. The van der Waals surface area contributed by atoms with Crippen LogP contribution < -0.4 is 4.74 Å². The van der Waals surface area contributed by atoms with Crippen LogP contribution in [0.3, 0.4) is 0 Å². The molecule has 130 valence electrons. The molecule has 4 rings (SSSR count). The predicted molar refractivity (Wildman–Crippen MR) is 88.8 cm³/mol. The van der Waals surface area contributed by atoms with Gasteiger partial charge in [0.25, 0.3) is 0 Å². The summed E-state index contributed by atoms with van der Waals surface area (Å²) in [6.45, 7) is 0.994. The summed E-state index contributed by atoms with van der Waals surface area (Å²) in [5, 5.41) is 0.330. The second-order valence-electron chi connectivity index (χ2n) is 5.90. The van der Waals surface area contributed by atoms with Crippen LogP contribution in [0.2, 0.25) is 5.02 Å². The highest BCUT2D eigenvalue weighted by atomic mass is 35.5. The number of benzene rings is 1. The van der Waals surface area contributed by atoms with Gasteiger partial charge in [-0.05, 0) is 36.8 Å². The number of fused-ring (bicyclic) bond motifs is 1. The molecule has 1 aromatic heterocycles. The first kappa shape index (κ1) is 16.3. The summed E-state index contributed by atoms with van der Waals surface area (Å²) in [5.74, 6) is 0.743. The van der Waals surface area contributed by atoms with Crippen molar-refractivity contribution in [3.05, 3.63) is 53.3 Å². The Morgan fingerprint density at radius 3 is 2.84 bits per heavy atom. The van der Waals surface area contributed by atoms with Gasteiger partial charge in [-0.3, -0.25) is 4.98 Å². The van der Waals surface area contributed by atoms with Crippen molar-refractivity contribution in [2.24, 2.45) is 5.92 Å². The summed E-state index contributed by atoms with van der Waals surface area (Å²) >= 11 is 6.24. The number of carbonyl (C=O) groups is 1. The Labute approximate surface area is 149 Å². The second kappa shape index (κ2) is 7.00. The van der Waals surface area contributed by atoms with E-state index >= 15 is 0 Å². The summed E-state index contributed by atoms with van der Waals surface area (Å²) in [5.41, 5.74) is 0.370. The molecular weight excluding hydrogens is 346 g/mol. The predicted octanol–water partition coefficient (Wildman–Crippen LogP) is 3.45. The molecule has 2 fully saturated rings. The number of halogens is 1. The third kappa shape index (κ3) is 3.46. The highest BCUT2D eigenvalue weighted by Gasteiger charge is 2.43. The molecule has 0 amide bonds. The molecule has 1 aromatic carbocycles. The van der Waals surface area contributed by atoms with Crippen molar-refractivity contribution in [1.82, 2.24) is 4.98 Å². The van der Waals surface area contributed by atoms with E-state index in [1.807, 2.05) is 0 Å². The Morgan fingerprint density at radius 1 is 1.20 bits per heavy atom. The average molecular weight is 362 g/mol. The number of rotatable bonds is 4. The lowest BCUT2D eigenvalue weighted by molar-refractivity contribution is -0.0907. The smallest absolute Gasteiger partial charge is 0.338 e. The van der Waals surface area contributed by atoms with Gasteiger partial charge in [0.15, 0.2) is 6.29 Å². The number of aromatic nitrogens is 1. The molecule has 0 spiro atoms. The van der Waals surface area contributed by atoms with Crippen LogP contribution in [-0.4, -0.2) is 36.6 Å². The molecule has 2 aromatic rings. The fourth-order valence-corrected chi connectivity index (χ4v) is 3.22. The van der Waals surface area contributed by atoms with Crippen molar-refractivity contribution >= 4 is 17.6 Å². The first-order valence-corrected chi connectivity index (χ1v) is 8.40. The minimum atomic E-state index is -0.432. The lowest BCUT2D eigenvalue weighted by atomic mass is 10.0. The van der Waals surface area contributed by atoms with Gasteiger partial charge in [-0.15, -0.1) is 0 Å². The molecule has 2 aliphatic heterocycles. The van der Waals surface area contributed by atoms with Gasteiger partial charge in [0, 0.05) is 12.4 Å². The molecule has 3 heterocycles. The minimum Gasteiger partial charge on any atom is -0.456 e. The van der Waals surface area contributed by atoms with Crippen LogP contribution in [0.15, 0.2) is 42.7 Å². The molecule has 2 saturated heterocycles. The Morgan fingerprint density at radius 2 is 2.04 bits per heavy atom. The molecule has 6 nitrogen and oxygen atoms in total. The minimum absolute atomic E-state index is 0.105. The van der Waals surface area contributed by atoms with Gasteiger partial charge in [0.2, 0.25) is 0 Å². The third-order valence-corrected chi connectivity index (χ3v) is 4.58. The van der Waals surface area contributed by atoms with Crippen LogP contribution >= 0.6 is 11.6 Å². The molecule has 0 N–H and O–H groups in total. The molecule has 0 aliphatic carbocycles. The Kier molecular flexibility index (Phi) is 4.57. The van der Waals surface area contributed by atoms with Crippen molar-refractivity contribution in [1.29, 1.82) is 0 Å². The van der Waals surface area contributed by atoms with Crippen molar-refractivity contribution in [3.8, 4) is 11.5 Å². The normalized spacial score (nSPS) is 24.8. The number of esters is 1. The molecule has 0 saturated carbocycles. The standard InChI is InChI=1S/C18H16ClNO5/c19-14-9-11(1-2-15(14)24-12-3-6-20-7-4-12)17(21)25-16-10-23-18-13(16)5-8-22-18/h1-4,6-7,9,13,16,18H,5,8,10H2/t13-,16-,18+/m0/s1. The van der Waals surface area contributed by atoms with Gasteiger partial charge in [0.05, 0.1) is 29.7 Å². The third-order valence-electron chi connectivity index (χ3n) is 4.29. The SMILES string of the molecule is O=C(O[C@H]1CO[C@H]2OCC[C@H]21)c1ccc(Oc2ccncc2)c(Cl)c1. The van der Waals surface area contributed by atoms with E-state index in [9.17, 15) is 4.79 Å². The van der Waals surface area contributed by atoms with Gasteiger partial charge >= 0.3 is 5.97 Å². The van der Waals surface area contributed by atoms with E-state index in [-0.39, 0.29) is 18.3 Å². The van der Waals surface area contributed by atoms with Crippen LogP contribution in [0, 0.1) is 5.92 Å². The maximum atomic E-state index is 12.4. The van der Waals surface area contributed by atoms with E-state index in [0.29, 0.717) is 35.3 Å². The Bertz CT molecular complexity index is 769. The number of carbonyl (C=O) groups excluding carboxylic acids is 1. The molecule has 2 aliphatic rings. The van der Waals surface area contributed by atoms with Crippen molar-refractivity contribution in [2.75, 3.05) is 13.2 Å². The average Bonchev–Trinajstić information content (AvgIpc) is 3.23. The number of ether oxygens (including phenoxy) is 4. The zero-order chi connectivity index (χ0) is 17.2. The Balaban J connectivity index is 1.44. The maximum absolute atomic E-state index is 12.4. The maximum Gasteiger partial charge on any atom is 0.338 e. The number of hydrogen-bond acceptors (Lipinski definition) is 6. The summed E-state index contributed by atoms with van der Waals surface area (Å²) in [4.78, 5) is 16.3. The molecule has 0 radical (unpaired) electrons. The van der Waals surface area contributed by atoms with Gasteiger partial charge < -0.3 is 18.9 Å². The summed E-state index contributed by atoms with van der Waals surface area (Å²) < 4.78 is 22.2. The first-order chi connectivity index (χ1) is 12.2. The van der Waals surface area contributed by atoms with Gasteiger partial charge in [-0.1, -0.05) is 11.6 Å². The van der Waals surface area contributed by atoms with Gasteiger partial charge in [-0.2, -0.15) is 0 Å². The van der Waals surface area contributed by atoms with Crippen LogP contribution in [0.5, 0.6) is 11.5 Å². The summed E-state index contributed by atoms with van der Waals surface area (Å²) in [6.07, 6.45) is 3.54. The molecule has 0 unspecified atom stereocenters. The van der Waals surface area contributed by atoms with Gasteiger partial charge in [0.1, 0.15) is 17.6 Å². The summed E-state index contributed by atoms with van der Waals surface area (Å²) in [6, 6.07) is 8.26. The largest absolute Gasteiger partial charge is 0.456 e. The molecule has 3 atom stereocenters. The van der Waals surface area contributed by atoms with Crippen LogP contribution in [0.4, 0.5) is 0 Å². The fourth-order valence-electron chi connectivity index (χ4n) is 3.00. The van der Waals surface area contributed by atoms with E-state index < -0.39 is 5.97 Å². The van der Waals surface area contributed by atoms with Crippen molar-refractivity contribution in [3.63, 3.8) is 0 Å². The van der Waals surface area contributed by atoms with Crippen LogP contribution in [0.1, 0.15) is 16.8 Å². The highest BCUT2D eigenvalue weighted by Crippen LogP contribution is 2.34. The number of pyridine rings is 1. The molecule has 7 heteroatoms.